The van der Waals surface area contributed by atoms with Crippen LogP contribution in [0.5, 0.6) is 0 Å². The number of rotatable bonds is 7. The number of carbonyl (C=O) groups excluding carboxylic acids is 1. The lowest BCUT2D eigenvalue weighted by atomic mass is 10.1. The molecule has 1 fully saturated rings. The highest BCUT2D eigenvalue weighted by atomic mass is 35.5. The lowest BCUT2D eigenvalue weighted by molar-refractivity contribution is -0.120. The van der Waals surface area contributed by atoms with Crippen LogP contribution in [0.1, 0.15) is 24.0 Å². The van der Waals surface area contributed by atoms with E-state index < -0.39 is 15.8 Å². The lowest BCUT2D eigenvalue weighted by Crippen LogP contribution is -2.26. The van der Waals surface area contributed by atoms with Crippen molar-refractivity contribution in [3.05, 3.63) is 64.4 Å². The van der Waals surface area contributed by atoms with Gasteiger partial charge in [0.25, 0.3) is 0 Å². The maximum absolute atomic E-state index is 13.7. The summed E-state index contributed by atoms with van der Waals surface area (Å²) in [5, 5.41) is 2.88. The van der Waals surface area contributed by atoms with Crippen LogP contribution in [-0.2, 0) is 27.8 Å². The zero-order chi connectivity index (χ0) is 18.7. The van der Waals surface area contributed by atoms with Crippen molar-refractivity contribution in [3.63, 3.8) is 0 Å². The Bertz CT molecular complexity index is 892. The molecule has 2 aromatic rings. The average molecular weight is 397 g/mol. The summed E-state index contributed by atoms with van der Waals surface area (Å²) in [6.45, 7) is 0.210. The molecule has 8 heteroatoms. The smallest absolute Gasteiger partial charge is 0.240 e. The first-order valence-corrected chi connectivity index (χ1v) is 10.0. The first kappa shape index (κ1) is 18.8. The van der Waals surface area contributed by atoms with Crippen LogP contribution in [0.15, 0.2) is 47.4 Å². The van der Waals surface area contributed by atoms with Crippen molar-refractivity contribution in [1.29, 1.82) is 0 Å². The molecule has 2 N–H and O–H groups in total. The Hall–Kier alpha value is -1.96. The number of hydrogen-bond donors (Lipinski definition) is 2. The molecule has 1 aliphatic carbocycles. The molecule has 0 unspecified atom stereocenters. The predicted octanol–water partition coefficient (Wildman–Crippen LogP) is 2.78. The number of nitrogens with one attached hydrogen (secondary N) is 2. The molecule has 26 heavy (non-hydrogen) atoms. The lowest BCUT2D eigenvalue weighted by Gasteiger charge is -2.09. The SMILES string of the molecule is O=C(Cc1c(F)cccc1Cl)NCc1ccc(S(=O)(=O)NC2CC2)cc1. The van der Waals surface area contributed by atoms with Crippen molar-refractivity contribution < 1.29 is 17.6 Å². The molecule has 0 bridgehead atoms. The number of carbonyl (C=O) groups is 1. The molecule has 1 amide bonds. The summed E-state index contributed by atoms with van der Waals surface area (Å²) in [5.41, 5.74) is 0.891. The van der Waals surface area contributed by atoms with Gasteiger partial charge in [-0.3, -0.25) is 4.79 Å². The van der Waals surface area contributed by atoms with E-state index in [1.165, 1.54) is 30.3 Å². The molecule has 0 spiro atoms. The van der Waals surface area contributed by atoms with Crippen molar-refractivity contribution in [1.82, 2.24) is 10.0 Å². The van der Waals surface area contributed by atoms with Gasteiger partial charge in [0.05, 0.1) is 11.3 Å². The Morgan fingerprint density at radius 1 is 1.15 bits per heavy atom. The van der Waals surface area contributed by atoms with Gasteiger partial charge in [0.1, 0.15) is 5.82 Å². The Labute approximate surface area is 156 Å². The number of hydrogen-bond acceptors (Lipinski definition) is 3. The van der Waals surface area contributed by atoms with E-state index in [0.717, 1.165) is 18.4 Å². The van der Waals surface area contributed by atoms with Gasteiger partial charge in [-0.1, -0.05) is 29.8 Å². The van der Waals surface area contributed by atoms with Crippen molar-refractivity contribution >= 4 is 27.5 Å². The molecule has 1 saturated carbocycles. The predicted molar refractivity (Wildman–Crippen MR) is 96.7 cm³/mol. The molecule has 2 aromatic carbocycles. The van der Waals surface area contributed by atoms with Crippen LogP contribution >= 0.6 is 11.6 Å². The fourth-order valence-corrected chi connectivity index (χ4v) is 3.93. The first-order valence-electron chi connectivity index (χ1n) is 8.16. The zero-order valence-electron chi connectivity index (χ0n) is 13.8. The highest BCUT2D eigenvalue weighted by molar-refractivity contribution is 7.89. The fourth-order valence-electron chi connectivity index (χ4n) is 2.40. The van der Waals surface area contributed by atoms with Crippen LogP contribution in [0.25, 0.3) is 0 Å². The Balaban J connectivity index is 1.57. The van der Waals surface area contributed by atoms with E-state index in [1.807, 2.05) is 0 Å². The monoisotopic (exact) mass is 396 g/mol. The summed E-state index contributed by atoms with van der Waals surface area (Å²) in [4.78, 5) is 12.2. The van der Waals surface area contributed by atoms with Crippen LogP contribution in [0.3, 0.4) is 0 Å². The van der Waals surface area contributed by atoms with Crippen LogP contribution in [0.4, 0.5) is 4.39 Å². The summed E-state index contributed by atoms with van der Waals surface area (Å²) in [7, 11) is -3.49. The van der Waals surface area contributed by atoms with E-state index >= 15 is 0 Å². The standard InChI is InChI=1S/C18H18ClFN2O3S/c19-16-2-1-3-17(20)15(16)10-18(23)21-11-12-4-8-14(9-5-12)26(24,25)22-13-6-7-13/h1-5,8-9,13,22H,6-7,10-11H2,(H,21,23). The first-order chi connectivity index (χ1) is 12.3. The molecule has 0 atom stereocenters. The quantitative estimate of drug-likeness (QED) is 0.755. The van der Waals surface area contributed by atoms with E-state index in [-0.39, 0.29) is 40.4 Å². The summed E-state index contributed by atoms with van der Waals surface area (Å²) in [6, 6.07) is 10.6. The molecule has 0 radical (unpaired) electrons. The van der Waals surface area contributed by atoms with E-state index in [2.05, 4.69) is 10.0 Å². The van der Waals surface area contributed by atoms with Crippen LogP contribution in [0, 0.1) is 5.82 Å². The molecular formula is C18H18ClFN2O3S. The van der Waals surface area contributed by atoms with Gasteiger partial charge in [-0.15, -0.1) is 0 Å². The van der Waals surface area contributed by atoms with E-state index in [1.54, 1.807) is 12.1 Å². The van der Waals surface area contributed by atoms with Gasteiger partial charge < -0.3 is 5.32 Å². The molecule has 5 nitrogen and oxygen atoms in total. The van der Waals surface area contributed by atoms with Crippen molar-refractivity contribution in [2.45, 2.75) is 36.7 Å². The highest BCUT2D eigenvalue weighted by Gasteiger charge is 2.27. The second-order valence-corrected chi connectivity index (χ2v) is 8.31. The van der Waals surface area contributed by atoms with Crippen molar-refractivity contribution in [2.75, 3.05) is 0 Å². The number of halogens is 2. The molecule has 0 saturated heterocycles. The fraction of sp³-hybridized carbons (Fsp3) is 0.278. The molecule has 1 aliphatic rings. The number of sulfonamides is 1. The van der Waals surface area contributed by atoms with E-state index in [0.29, 0.717) is 0 Å². The maximum atomic E-state index is 13.7. The minimum absolute atomic E-state index is 0.0455. The third kappa shape index (κ3) is 4.81. The topological polar surface area (TPSA) is 75.3 Å². The van der Waals surface area contributed by atoms with Gasteiger partial charge in [-0.25, -0.2) is 17.5 Å². The largest absolute Gasteiger partial charge is 0.352 e. The van der Waals surface area contributed by atoms with Crippen LogP contribution < -0.4 is 10.0 Å². The second kappa shape index (κ2) is 7.73. The molecule has 0 aromatic heterocycles. The van der Waals surface area contributed by atoms with Crippen molar-refractivity contribution in [3.8, 4) is 0 Å². The van der Waals surface area contributed by atoms with Gasteiger partial charge in [0.15, 0.2) is 0 Å². The van der Waals surface area contributed by atoms with Crippen molar-refractivity contribution in [2.24, 2.45) is 0 Å². The minimum Gasteiger partial charge on any atom is -0.352 e. The van der Waals surface area contributed by atoms with Crippen LogP contribution in [0.2, 0.25) is 5.02 Å². The van der Waals surface area contributed by atoms with Crippen LogP contribution in [-0.4, -0.2) is 20.4 Å². The minimum atomic E-state index is -3.49. The normalized spacial score (nSPS) is 14.2. The molecule has 138 valence electrons. The molecular weight excluding hydrogens is 379 g/mol. The third-order valence-electron chi connectivity index (χ3n) is 4.02. The Morgan fingerprint density at radius 3 is 2.46 bits per heavy atom. The third-order valence-corrected chi connectivity index (χ3v) is 5.91. The molecule has 0 heterocycles. The summed E-state index contributed by atoms with van der Waals surface area (Å²) < 4.78 is 40.5. The number of amides is 1. The van der Waals surface area contributed by atoms with Gasteiger partial charge >= 0.3 is 0 Å². The Kier molecular flexibility index (Phi) is 5.60. The molecule has 0 aliphatic heterocycles. The summed E-state index contributed by atoms with van der Waals surface area (Å²) in [5.74, 6) is -0.894. The zero-order valence-corrected chi connectivity index (χ0v) is 15.4. The summed E-state index contributed by atoms with van der Waals surface area (Å²) in [6.07, 6.45) is 1.58. The number of benzene rings is 2. The van der Waals surface area contributed by atoms with Gasteiger partial charge in [-0.2, -0.15) is 0 Å². The molecule has 3 rings (SSSR count). The maximum Gasteiger partial charge on any atom is 0.240 e. The Morgan fingerprint density at radius 2 is 1.85 bits per heavy atom. The average Bonchev–Trinajstić information content (AvgIpc) is 3.40. The van der Waals surface area contributed by atoms with Gasteiger partial charge in [0.2, 0.25) is 15.9 Å². The van der Waals surface area contributed by atoms with E-state index in [9.17, 15) is 17.6 Å². The highest BCUT2D eigenvalue weighted by Crippen LogP contribution is 2.22. The second-order valence-electron chi connectivity index (χ2n) is 6.19. The van der Waals surface area contributed by atoms with Gasteiger partial charge in [-0.05, 0) is 42.7 Å². The van der Waals surface area contributed by atoms with E-state index in [4.69, 9.17) is 11.6 Å². The summed E-state index contributed by atoms with van der Waals surface area (Å²) >= 11 is 5.91. The van der Waals surface area contributed by atoms with Gasteiger partial charge in [0, 0.05) is 23.2 Å².